The van der Waals surface area contributed by atoms with Crippen molar-refractivity contribution >= 4 is 11.8 Å². The maximum atomic E-state index is 11.9. The molecule has 3 rings (SSSR count). The standard InChI is InChI=1S/C12H17NO2.C8H14/c1-2-3-8-13-11(14)9-6-4-5-7-10(9)12(13)15;1-7-5-3-4-6-8(7)2/h4-5,9-10H,2-3,6-8H2,1H3;3-4,7-8H,5-6H2,1-2H3. The van der Waals surface area contributed by atoms with Gasteiger partial charge in [-0.1, -0.05) is 51.5 Å². The monoisotopic (exact) mass is 317 g/mol. The molecular formula is C20H31NO2. The molecule has 23 heavy (non-hydrogen) atoms. The van der Waals surface area contributed by atoms with Crippen LogP contribution in [0.25, 0.3) is 0 Å². The van der Waals surface area contributed by atoms with Gasteiger partial charge in [0.2, 0.25) is 11.8 Å². The fourth-order valence-corrected chi connectivity index (χ4v) is 3.49. The molecule has 3 nitrogen and oxygen atoms in total. The van der Waals surface area contributed by atoms with Crippen molar-refractivity contribution in [3.05, 3.63) is 24.3 Å². The van der Waals surface area contributed by atoms with E-state index in [4.69, 9.17) is 0 Å². The molecule has 2 aliphatic carbocycles. The normalized spacial score (nSPS) is 32.6. The predicted octanol–water partition coefficient (Wildman–Crippen LogP) is 4.35. The number of fused-ring (bicyclic) bond motifs is 1. The Kier molecular flexibility index (Phi) is 6.61. The van der Waals surface area contributed by atoms with Crippen LogP contribution in [0.5, 0.6) is 0 Å². The molecule has 0 radical (unpaired) electrons. The van der Waals surface area contributed by atoms with Crippen LogP contribution in [0.4, 0.5) is 0 Å². The van der Waals surface area contributed by atoms with Gasteiger partial charge < -0.3 is 0 Å². The lowest BCUT2D eigenvalue weighted by Crippen LogP contribution is -2.31. The van der Waals surface area contributed by atoms with Crippen molar-refractivity contribution in [2.24, 2.45) is 23.7 Å². The zero-order valence-corrected chi connectivity index (χ0v) is 14.8. The summed E-state index contributed by atoms with van der Waals surface area (Å²) < 4.78 is 0. The number of likely N-dealkylation sites (tertiary alicyclic amines) is 1. The van der Waals surface area contributed by atoms with Gasteiger partial charge in [0.1, 0.15) is 0 Å². The molecule has 1 aliphatic heterocycles. The summed E-state index contributed by atoms with van der Waals surface area (Å²) in [5, 5.41) is 0. The fourth-order valence-electron chi connectivity index (χ4n) is 3.49. The second kappa shape index (κ2) is 8.47. The lowest BCUT2D eigenvalue weighted by molar-refractivity contribution is -0.139. The summed E-state index contributed by atoms with van der Waals surface area (Å²) in [5.74, 6) is 1.84. The first-order chi connectivity index (χ1) is 11.1. The molecule has 2 amide bonds. The van der Waals surface area contributed by atoms with Gasteiger partial charge in [-0.15, -0.1) is 0 Å². The number of hydrogen-bond acceptors (Lipinski definition) is 2. The number of carbonyl (C=O) groups is 2. The van der Waals surface area contributed by atoms with E-state index in [0.29, 0.717) is 6.54 Å². The molecule has 1 fully saturated rings. The van der Waals surface area contributed by atoms with Crippen molar-refractivity contribution in [1.29, 1.82) is 0 Å². The van der Waals surface area contributed by atoms with Crippen LogP contribution in [0.1, 0.15) is 59.3 Å². The Balaban J connectivity index is 0.000000203. The summed E-state index contributed by atoms with van der Waals surface area (Å²) in [5.41, 5.74) is 0. The maximum absolute atomic E-state index is 11.9. The molecule has 0 N–H and O–H groups in total. The Labute approximate surface area is 140 Å². The summed E-state index contributed by atoms with van der Waals surface area (Å²) >= 11 is 0. The molecule has 0 aromatic rings. The molecule has 0 bridgehead atoms. The number of amides is 2. The lowest BCUT2D eigenvalue weighted by atomic mass is 9.85. The minimum atomic E-state index is -0.0562. The first-order valence-corrected chi connectivity index (χ1v) is 9.21. The molecular weight excluding hydrogens is 286 g/mol. The van der Waals surface area contributed by atoms with Gasteiger partial charge in [-0.05, 0) is 43.9 Å². The minimum Gasteiger partial charge on any atom is -0.282 e. The Morgan fingerprint density at radius 3 is 1.70 bits per heavy atom. The number of carbonyl (C=O) groups excluding carboxylic acids is 2. The van der Waals surface area contributed by atoms with Crippen LogP contribution in [0, 0.1) is 23.7 Å². The van der Waals surface area contributed by atoms with Gasteiger partial charge in [-0.2, -0.15) is 0 Å². The van der Waals surface area contributed by atoms with Crippen LogP contribution in [0.3, 0.4) is 0 Å². The highest BCUT2D eigenvalue weighted by atomic mass is 16.2. The van der Waals surface area contributed by atoms with E-state index >= 15 is 0 Å². The molecule has 1 heterocycles. The zero-order chi connectivity index (χ0) is 16.8. The van der Waals surface area contributed by atoms with Crippen molar-refractivity contribution in [3.63, 3.8) is 0 Å². The van der Waals surface area contributed by atoms with E-state index in [1.165, 1.54) is 17.7 Å². The minimum absolute atomic E-state index is 0.0562. The van der Waals surface area contributed by atoms with Crippen LogP contribution >= 0.6 is 0 Å². The van der Waals surface area contributed by atoms with Gasteiger partial charge >= 0.3 is 0 Å². The third kappa shape index (κ3) is 4.33. The molecule has 4 unspecified atom stereocenters. The number of rotatable bonds is 3. The first kappa shape index (κ1) is 18.0. The van der Waals surface area contributed by atoms with Crippen molar-refractivity contribution in [1.82, 2.24) is 4.90 Å². The van der Waals surface area contributed by atoms with Crippen LogP contribution < -0.4 is 0 Å². The number of nitrogens with zero attached hydrogens (tertiary/aromatic N) is 1. The van der Waals surface area contributed by atoms with Gasteiger partial charge in [0.05, 0.1) is 11.8 Å². The van der Waals surface area contributed by atoms with Gasteiger partial charge in [0.15, 0.2) is 0 Å². The number of unbranched alkanes of at least 4 members (excludes halogenated alkanes) is 1. The van der Waals surface area contributed by atoms with E-state index in [2.05, 4.69) is 32.9 Å². The Bertz CT molecular complexity index is 442. The summed E-state index contributed by atoms with van der Waals surface area (Å²) in [7, 11) is 0. The number of hydrogen-bond donors (Lipinski definition) is 0. The zero-order valence-electron chi connectivity index (χ0n) is 14.8. The summed E-state index contributed by atoms with van der Waals surface area (Å²) in [4.78, 5) is 25.3. The average molecular weight is 317 g/mol. The van der Waals surface area contributed by atoms with Crippen molar-refractivity contribution < 1.29 is 9.59 Å². The quantitative estimate of drug-likeness (QED) is 0.573. The maximum Gasteiger partial charge on any atom is 0.233 e. The molecule has 0 aromatic carbocycles. The van der Waals surface area contributed by atoms with Gasteiger partial charge in [0.25, 0.3) is 0 Å². The van der Waals surface area contributed by atoms with Gasteiger partial charge in [-0.3, -0.25) is 14.5 Å². The topological polar surface area (TPSA) is 37.4 Å². The Morgan fingerprint density at radius 1 is 0.870 bits per heavy atom. The second-order valence-corrected chi connectivity index (χ2v) is 7.23. The third-order valence-corrected chi connectivity index (χ3v) is 5.49. The van der Waals surface area contributed by atoms with Gasteiger partial charge in [-0.25, -0.2) is 0 Å². The fraction of sp³-hybridized carbons (Fsp3) is 0.700. The summed E-state index contributed by atoms with van der Waals surface area (Å²) in [6.07, 6.45) is 14.7. The lowest BCUT2D eigenvalue weighted by Gasteiger charge is -2.19. The molecule has 1 saturated heterocycles. The highest BCUT2D eigenvalue weighted by Crippen LogP contribution is 2.35. The average Bonchev–Trinajstić information content (AvgIpc) is 2.81. The van der Waals surface area contributed by atoms with E-state index < -0.39 is 0 Å². The van der Waals surface area contributed by atoms with E-state index in [1.54, 1.807) is 0 Å². The van der Waals surface area contributed by atoms with E-state index in [-0.39, 0.29) is 23.7 Å². The third-order valence-electron chi connectivity index (χ3n) is 5.49. The molecule has 128 valence electrons. The highest BCUT2D eigenvalue weighted by molar-refractivity contribution is 6.05. The van der Waals surface area contributed by atoms with Crippen molar-refractivity contribution in [3.8, 4) is 0 Å². The van der Waals surface area contributed by atoms with Crippen molar-refractivity contribution in [2.75, 3.05) is 6.54 Å². The largest absolute Gasteiger partial charge is 0.282 e. The molecule has 0 spiro atoms. The Morgan fingerprint density at radius 2 is 1.30 bits per heavy atom. The van der Waals surface area contributed by atoms with E-state index in [1.807, 2.05) is 12.2 Å². The van der Waals surface area contributed by atoms with Crippen molar-refractivity contribution in [2.45, 2.75) is 59.3 Å². The SMILES string of the molecule is CC1CC=CCC1C.CCCCN1C(=O)C2CC=CCC2C1=O. The molecule has 4 atom stereocenters. The second-order valence-electron chi connectivity index (χ2n) is 7.23. The highest BCUT2D eigenvalue weighted by Gasteiger charge is 2.46. The molecule has 0 saturated carbocycles. The molecule has 3 aliphatic rings. The van der Waals surface area contributed by atoms with Crippen LogP contribution in [0.15, 0.2) is 24.3 Å². The summed E-state index contributed by atoms with van der Waals surface area (Å²) in [6, 6.07) is 0. The van der Waals surface area contributed by atoms with Gasteiger partial charge in [0, 0.05) is 6.54 Å². The molecule has 0 aromatic heterocycles. The van der Waals surface area contributed by atoms with E-state index in [9.17, 15) is 9.59 Å². The van der Waals surface area contributed by atoms with Crippen LogP contribution in [0.2, 0.25) is 0 Å². The Hall–Kier alpha value is -1.38. The first-order valence-electron chi connectivity index (χ1n) is 9.21. The smallest absolute Gasteiger partial charge is 0.233 e. The van der Waals surface area contributed by atoms with Crippen LogP contribution in [-0.4, -0.2) is 23.3 Å². The van der Waals surface area contributed by atoms with Crippen LogP contribution in [-0.2, 0) is 9.59 Å². The summed E-state index contributed by atoms with van der Waals surface area (Å²) in [6.45, 7) is 7.34. The molecule has 3 heteroatoms. The van der Waals surface area contributed by atoms with E-state index in [0.717, 1.165) is 37.5 Å². The number of allylic oxidation sites excluding steroid dienone is 4. The number of imide groups is 1. The predicted molar refractivity (Wildman–Crippen MR) is 93.7 cm³/mol.